The molecule has 2 heterocycles. The summed E-state index contributed by atoms with van der Waals surface area (Å²) in [6.07, 6.45) is 2.08. The number of urea groups is 1. The van der Waals surface area contributed by atoms with Crippen molar-refractivity contribution in [1.82, 2.24) is 25.4 Å². The first-order valence-corrected chi connectivity index (χ1v) is 6.81. The summed E-state index contributed by atoms with van der Waals surface area (Å²) in [6.45, 7) is 3.45. The Morgan fingerprint density at radius 2 is 2.19 bits per heavy atom. The standard InChI is InChI=1S/C12H19N5O4/c1-2-17-8-14-16-9(17)7-13-11(20)15-12(10(18)19)3-5-21-6-4-12/h8H,2-7H2,1H3,(H,18,19)(H2,13,15,20). The molecule has 1 fully saturated rings. The third-order valence-electron chi connectivity index (χ3n) is 3.55. The van der Waals surface area contributed by atoms with Crippen molar-refractivity contribution in [2.45, 2.75) is 38.4 Å². The average Bonchev–Trinajstić information content (AvgIpc) is 2.93. The molecule has 116 valence electrons. The van der Waals surface area contributed by atoms with Crippen LogP contribution in [0.2, 0.25) is 0 Å². The van der Waals surface area contributed by atoms with Gasteiger partial charge in [-0.2, -0.15) is 0 Å². The summed E-state index contributed by atoms with van der Waals surface area (Å²) in [7, 11) is 0. The van der Waals surface area contributed by atoms with Gasteiger partial charge in [-0.1, -0.05) is 0 Å². The fourth-order valence-corrected chi connectivity index (χ4v) is 2.21. The highest BCUT2D eigenvalue weighted by Crippen LogP contribution is 2.20. The van der Waals surface area contributed by atoms with Crippen LogP contribution in [0.25, 0.3) is 0 Å². The van der Waals surface area contributed by atoms with Crippen molar-refractivity contribution in [2.24, 2.45) is 0 Å². The maximum absolute atomic E-state index is 11.9. The molecule has 0 bridgehead atoms. The summed E-state index contributed by atoms with van der Waals surface area (Å²) >= 11 is 0. The minimum atomic E-state index is -1.26. The molecule has 1 aromatic heterocycles. The summed E-state index contributed by atoms with van der Waals surface area (Å²) in [4.78, 5) is 23.4. The number of hydrogen-bond acceptors (Lipinski definition) is 5. The second kappa shape index (κ2) is 6.53. The van der Waals surface area contributed by atoms with Gasteiger partial charge in [0.1, 0.15) is 11.9 Å². The van der Waals surface area contributed by atoms with Crippen molar-refractivity contribution < 1.29 is 19.4 Å². The van der Waals surface area contributed by atoms with Gasteiger partial charge in [0.2, 0.25) is 0 Å². The number of carbonyl (C=O) groups is 2. The van der Waals surface area contributed by atoms with E-state index in [9.17, 15) is 14.7 Å². The van der Waals surface area contributed by atoms with Crippen molar-refractivity contribution in [2.75, 3.05) is 13.2 Å². The second-order valence-corrected chi connectivity index (χ2v) is 4.84. The van der Waals surface area contributed by atoms with Gasteiger partial charge in [-0.25, -0.2) is 9.59 Å². The van der Waals surface area contributed by atoms with Crippen LogP contribution in [0.4, 0.5) is 4.79 Å². The summed E-state index contributed by atoms with van der Waals surface area (Å²) in [6, 6.07) is -0.537. The van der Waals surface area contributed by atoms with E-state index in [0.29, 0.717) is 25.6 Å². The Morgan fingerprint density at radius 1 is 1.48 bits per heavy atom. The first-order chi connectivity index (χ1) is 10.1. The lowest BCUT2D eigenvalue weighted by Crippen LogP contribution is -2.59. The number of carboxylic acid groups (broad SMARTS) is 1. The summed E-state index contributed by atoms with van der Waals surface area (Å²) < 4.78 is 6.94. The average molecular weight is 297 g/mol. The number of rotatable bonds is 5. The second-order valence-electron chi connectivity index (χ2n) is 4.84. The van der Waals surface area contributed by atoms with E-state index < -0.39 is 17.5 Å². The predicted molar refractivity (Wildman–Crippen MR) is 71.5 cm³/mol. The lowest BCUT2D eigenvalue weighted by Gasteiger charge is -2.33. The topological polar surface area (TPSA) is 118 Å². The maximum Gasteiger partial charge on any atom is 0.329 e. The number of hydrogen-bond donors (Lipinski definition) is 3. The highest BCUT2D eigenvalue weighted by atomic mass is 16.5. The smallest absolute Gasteiger partial charge is 0.329 e. The van der Waals surface area contributed by atoms with Crippen LogP contribution in [0.3, 0.4) is 0 Å². The zero-order valence-electron chi connectivity index (χ0n) is 11.8. The van der Waals surface area contributed by atoms with Crippen LogP contribution in [0.15, 0.2) is 6.33 Å². The summed E-state index contributed by atoms with van der Waals surface area (Å²) in [5.74, 6) is -0.429. The quantitative estimate of drug-likeness (QED) is 0.688. The molecule has 2 rings (SSSR count). The molecule has 21 heavy (non-hydrogen) atoms. The lowest BCUT2D eigenvalue weighted by molar-refractivity contribution is -0.148. The van der Waals surface area contributed by atoms with Gasteiger partial charge in [-0.05, 0) is 6.92 Å². The fraction of sp³-hybridized carbons (Fsp3) is 0.667. The van der Waals surface area contributed by atoms with Crippen LogP contribution in [-0.4, -0.2) is 50.6 Å². The largest absolute Gasteiger partial charge is 0.480 e. The summed E-state index contributed by atoms with van der Waals surface area (Å²) in [5, 5.41) is 22.2. The van der Waals surface area contributed by atoms with Gasteiger partial charge in [0.15, 0.2) is 5.82 Å². The monoisotopic (exact) mass is 297 g/mol. The summed E-state index contributed by atoms with van der Waals surface area (Å²) in [5.41, 5.74) is -1.26. The van der Waals surface area contributed by atoms with E-state index in [2.05, 4.69) is 20.8 Å². The normalized spacial score (nSPS) is 17.2. The van der Waals surface area contributed by atoms with Crippen LogP contribution in [0, 0.1) is 0 Å². The SMILES string of the molecule is CCn1cnnc1CNC(=O)NC1(C(=O)O)CCOCC1. The molecule has 9 heteroatoms. The van der Waals surface area contributed by atoms with E-state index >= 15 is 0 Å². The molecule has 3 N–H and O–H groups in total. The molecule has 0 unspecified atom stereocenters. The Balaban J connectivity index is 1.92. The van der Waals surface area contributed by atoms with Crippen LogP contribution in [0.5, 0.6) is 0 Å². The van der Waals surface area contributed by atoms with Gasteiger partial charge in [0.05, 0.1) is 6.54 Å². The van der Waals surface area contributed by atoms with E-state index in [4.69, 9.17) is 4.74 Å². The van der Waals surface area contributed by atoms with Gasteiger partial charge in [0.25, 0.3) is 0 Å². The number of nitrogens with zero attached hydrogens (tertiary/aromatic N) is 3. The molecular weight excluding hydrogens is 278 g/mol. The van der Waals surface area contributed by atoms with Crippen LogP contribution in [-0.2, 0) is 22.6 Å². The van der Waals surface area contributed by atoms with E-state index in [1.807, 2.05) is 6.92 Å². The Morgan fingerprint density at radius 3 is 2.81 bits per heavy atom. The molecule has 1 aromatic rings. The van der Waals surface area contributed by atoms with Crippen LogP contribution >= 0.6 is 0 Å². The zero-order chi connectivity index (χ0) is 15.3. The molecule has 0 aliphatic carbocycles. The number of nitrogens with one attached hydrogen (secondary N) is 2. The fourth-order valence-electron chi connectivity index (χ4n) is 2.21. The first-order valence-electron chi connectivity index (χ1n) is 6.81. The molecular formula is C12H19N5O4. The third kappa shape index (κ3) is 3.48. The van der Waals surface area contributed by atoms with Gasteiger partial charge in [-0.3, -0.25) is 0 Å². The Kier molecular flexibility index (Phi) is 4.73. The van der Waals surface area contributed by atoms with Crippen molar-refractivity contribution in [3.63, 3.8) is 0 Å². The van der Waals surface area contributed by atoms with Crippen molar-refractivity contribution in [1.29, 1.82) is 0 Å². The zero-order valence-corrected chi connectivity index (χ0v) is 11.8. The van der Waals surface area contributed by atoms with E-state index in [0.717, 1.165) is 0 Å². The Bertz CT molecular complexity index is 510. The van der Waals surface area contributed by atoms with E-state index in [1.165, 1.54) is 0 Å². The van der Waals surface area contributed by atoms with Crippen molar-refractivity contribution >= 4 is 12.0 Å². The minimum Gasteiger partial charge on any atom is -0.480 e. The molecule has 2 amide bonds. The van der Waals surface area contributed by atoms with Gasteiger partial charge < -0.3 is 25.0 Å². The number of amides is 2. The highest BCUT2D eigenvalue weighted by molar-refractivity contribution is 5.86. The number of carboxylic acids is 1. The number of aryl methyl sites for hydroxylation is 1. The highest BCUT2D eigenvalue weighted by Gasteiger charge is 2.41. The van der Waals surface area contributed by atoms with Gasteiger partial charge >= 0.3 is 12.0 Å². The van der Waals surface area contributed by atoms with Crippen LogP contribution in [0.1, 0.15) is 25.6 Å². The molecule has 0 atom stereocenters. The number of ether oxygens (including phenoxy) is 1. The van der Waals surface area contributed by atoms with Crippen molar-refractivity contribution in [3.05, 3.63) is 12.2 Å². The first kappa shape index (κ1) is 15.2. The number of aliphatic carboxylic acids is 1. The molecule has 0 aromatic carbocycles. The lowest BCUT2D eigenvalue weighted by atomic mass is 9.90. The Hall–Kier alpha value is -2.16. The van der Waals surface area contributed by atoms with E-state index in [-0.39, 0.29) is 19.4 Å². The number of aromatic nitrogens is 3. The minimum absolute atomic E-state index is 0.186. The third-order valence-corrected chi connectivity index (χ3v) is 3.55. The molecule has 0 saturated carbocycles. The molecule has 0 radical (unpaired) electrons. The predicted octanol–water partition coefficient (Wildman–Crippen LogP) is -0.269. The molecule has 1 aliphatic heterocycles. The maximum atomic E-state index is 11.9. The van der Waals surface area contributed by atoms with Crippen molar-refractivity contribution in [3.8, 4) is 0 Å². The molecule has 9 nitrogen and oxygen atoms in total. The number of carbonyl (C=O) groups excluding carboxylic acids is 1. The molecule has 0 spiro atoms. The molecule has 1 aliphatic rings. The van der Waals surface area contributed by atoms with Gasteiger partial charge in [0, 0.05) is 32.6 Å². The van der Waals surface area contributed by atoms with Crippen LogP contribution < -0.4 is 10.6 Å². The molecule has 1 saturated heterocycles. The Labute approximate surface area is 121 Å². The van der Waals surface area contributed by atoms with Gasteiger partial charge in [-0.15, -0.1) is 10.2 Å². The van der Waals surface area contributed by atoms with E-state index in [1.54, 1.807) is 10.9 Å².